The first-order valence-electron chi connectivity index (χ1n) is 20.7. The molecule has 8 aromatic carbocycles. The van der Waals surface area contributed by atoms with Gasteiger partial charge in [0.1, 0.15) is 11.2 Å². The van der Waals surface area contributed by atoms with Gasteiger partial charge in [-0.15, -0.1) is 0 Å². The lowest BCUT2D eigenvalue weighted by atomic mass is 9.94. The van der Waals surface area contributed by atoms with Gasteiger partial charge in [-0.3, -0.25) is 0 Å². The third-order valence-corrected chi connectivity index (χ3v) is 11.6. The van der Waals surface area contributed by atoms with Crippen LogP contribution in [0.15, 0.2) is 192 Å². The van der Waals surface area contributed by atoms with Crippen LogP contribution < -0.4 is 0 Å². The zero-order valence-corrected chi connectivity index (χ0v) is 33.2. The zero-order valence-electron chi connectivity index (χ0n) is 33.2. The van der Waals surface area contributed by atoms with Gasteiger partial charge >= 0.3 is 0 Å². The molecule has 0 unspecified atom stereocenters. The normalized spacial score (nSPS) is 11.6. The van der Waals surface area contributed by atoms with Crippen LogP contribution in [0.3, 0.4) is 0 Å². The molecule has 0 atom stereocenters. The van der Waals surface area contributed by atoms with E-state index in [1.165, 1.54) is 27.5 Å². The molecule has 286 valence electrons. The van der Waals surface area contributed by atoms with Gasteiger partial charge in [0.05, 0.1) is 11.0 Å². The van der Waals surface area contributed by atoms with Crippen LogP contribution in [0.2, 0.25) is 0 Å². The first kappa shape index (κ1) is 35.5. The van der Waals surface area contributed by atoms with Crippen molar-refractivity contribution < 1.29 is 4.42 Å². The predicted octanol–water partition coefficient (Wildman–Crippen LogP) is 14.5. The minimum absolute atomic E-state index is 0.618. The summed E-state index contributed by atoms with van der Waals surface area (Å²) >= 11 is 0. The number of aryl methyl sites for hydroxylation is 1. The molecule has 0 aliphatic rings. The van der Waals surface area contributed by atoms with E-state index in [4.69, 9.17) is 19.4 Å². The minimum atomic E-state index is 0.618. The van der Waals surface area contributed by atoms with Crippen LogP contribution in [0, 0.1) is 0 Å². The van der Waals surface area contributed by atoms with Gasteiger partial charge in [-0.2, -0.15) is 0 Å². The Morgan fingerprint density at radius 1 is 0.433 bits per heavy atom. The van der Waals surface area contributed by atoms with E-state index < -0.39 is 0 Å². The molecular formula is C55H40N4O. The molecular weight excluding hydrogens is 733 g/mol. The molecule has 0 fully saturated rings. The Kier molecular flexibility index (Phi) is 8.85. The van der Waals surface area contributed by atoms with E-state index in [1.54, 1.807) is 0 Å². The van der Waals surface area contributed by atoms with E-state index in [2.05, 4.69) is 157 Å². The van der Waals surface area contributed by atoms with Gasteiger partial charge in [0.2, 0.25) is 0 Å². The van der Waals surface area contributed by atoms with E-state index >= 15 is 0 Å². The minimum Gasteiger partial charge on any atom is -0.456 e. The Hall–Kier alpha value is -7.63. The Balaban J connectivity index is 1.07. The third-order valence-electron chi connectivity index (χ3n) is 11.6. The first-order valence-corrected chi connectivity index (χ1v) is 20.7. The molecule has 3 heterocycles. The molecule has 11 aromatic rings. The number of furan rings is 1. The van der Waals surface area contributed by atoms with Crippen molar-refractivity contribution in [1.82, 2.24) is 19.5 Å². The molecule has 3 aromatic heterocycles. The largest absolute Gasteiger partial charge is 0.456 e. The maximum atomic E-state index is 6.49. The molecule has 0 amide bonds. The number of benzene rings is 8. The number of para-hydroxylation sites is 2. The summed E-state index contributed by atoms with van der Waals surface area (Å²) in [5, 5.41) is 4.69. The molecule has 5 nitrogen and oxygen atoms in total. The second-order valence-electron chi connectivity index (χ2n) is 15.5. The number of fused-ring (bicyclic) bond motifs is 6. The Labute approximate surface area is 348 Å². The summed E-state index contributed by atoms with van der Waals surface area (Å²) in [6.45, 7) is 2.25. The molecule has 0 aliphatic carbocycles. The summed E-state index contributed by atoms with van der Waals surface area (Å²) in [5.41, 5.74) is 13.9. The lowest BCUT2D eigenvalue weighted by Crippen LogP contribution is -2.01. The lowest BCUT2D eigenvalue weighted by molar-refractivity contribution is 0.667. The first-order chi connectivity index (χ1) is 29.7. The van der Waals surface area contributed by atoms with Crippen molar-refractivity contribution in [3.8, 4) is 62.1 Å². The van der Waals surface area contributed by atoms with Crippen LogP contribution >= 0.6 is 0 Å². The molecule has 0 spiro atoms. The van der Waals surface area contributed by atoms with Crippen molar-refractivity contribution in [1.29, 1.82) is 0 Å². The van der Waals surface area contributed by atoms with E-state index in [9.17, 15) is 0 Å². The van der Waals surface area contributed by atoms with Crippen LogP contribution in [-0.2, 0) is 6.42 Å². The van der Waals surface area contributed by atoms with Crippen LogP contribution in [0.4, 0.5) is 0 Å². The van der Waals surface area contributed by atoms with Crippen LogP contribution in [0.25, 0.3) is 106 Å². The van der Waals surface area contributed by atoms with Gasteiger partial charge < -0.3 is 8.98 Å². The number of nitrogens with zero attached hydrogens (tertiary/aromatic N) is 4. The number of hydrogen-bond donors (Lipinski definition) is 0. The summed E-state index contributed by atoms with van der Waals surface area (Å²) in [4.78, 5) is 15.3. The molecule has 11 rings (SSSR count). The maximum absolute atomic E-state index is 6.49. The monoisotopic (exact) mass is 772 g/mol. The average molecular weight is 773 g/mol. The van der Waals surface area contributed by atoms with E-state index in [0.717, 1.165) is 85.7 Å². The second kappa shape index (κ2) is 14.9. The Bertz CT molecular complexity index is 3350. The van der Waals surface area contributed by atoms with Crippen molar-refractivity contribution >= 4 is 43.7 Å². The summed E-state index contributed by atoms with van der Waals surface area (Å²) in [5.74, 6) is 1.88. The van der Waals surface area contributed by atoms with Crippen LogP contribution in [0.5, 0.6) is 0 Å². The zero-order chi connectivity index (χ0) is 40.0. The van der Waals surface area contributed by atoms with E-state index in [-0.39, 0.29) is 0 Å². The van der Waals surface area contributed by atoms with Gasteiger partial charge in [-0.1, -0.05) is 165 Å². The number of rotatable bonds is 9. The van der Waals surface area contributed by atoms with Gasteiger partial charge in [-0.25, -0.2) is 15.0 Å². The summed E-state index contributed by atoms with van der Waals surface area (Å²) < 4.78 is 8.87. The molecule has 0 bridgehead atoms. The summed E-state index contributed by atoms with van der Waals surface area (Å²) in [6.07, 6.45) is 3.28. The van der Waals surface area contributed by atoms with Gasteiger partial charge in [0.15, 0.2) is 17.5 Å². The lowest BCUT2D eigenvalue weighted by Gasteiger charge is -2.13. The highest BCUT2D eigenvalue weighted by atomic mass is 16.3. The van der Waals surface area contributed by atoms with Crippen molar-refractivity contribution in [3.63, 3.8) is 0 Å². The molecule has 5 heteroatoms. The fourth-order valence-corrected chi connectivity index (χ4v) is 8.66. The van der Waals surface area contributed by atoms with Gasteiger partial charge in [-0.05, 0) is 77.1 Å². The fraction of sp³-hybridized carbons (Fsp3) is 0.0727. The van der Waals surface area contributed by atoms with Crippen molar-refractivity contribution in [2.45, 2.75) is 26.2 Å². The summed E-state index contributed by atoms with van der Waals surface area (Å²) in [6, 6.07) is 66.2. The maximum Gasteiger partial charge on any atom is 0.164 e. The number of hydrogen-bond acceptors (Lipinski definition) is 4. The Morgan fingerprint density at radius 3 is 1.78 bits per heavy atom. The standard InChI is InChI=1S/C55H40N4O/c1-2-3-15-36-32-47(52-46-23-11-13-25-50(46)60-51(52)33-36)41-30-31-45-44-22-10-12-24-48(44)59(49(45)35-41)43-21-14-20-42(34-43)55-57-53(39-18-8-5-9-19-39)56-54(58-55)40-28-26-38(27-29-40)37-16-6-4-7-17-37/h4-14,16-35H,2-3,15H2,1H3. The molecule has 0 N–H and O–H groups in total. The van der Waals surface area contributed by atoms with Crippen molar-refractivity contribution in [3.05, 3.63) is 194 Å². The highest BCUT2D eigenvalue weighted by molar-refractivity contribution is 6.15. The SMILES string of the molecule is CCCCc1cc(-c2ccc3c4ccccc4n(-c4cccc(-c5nc(-c6ccccc6)nc(-c6ccc(-c7ccccc7)cc6)n5)c4)c3c2)c2c(c1)oc1ccccc12. The second-order valence-corrected chi connectivity index (χ2v) is 15.5. The predicted molar refractivity (Wildman–Crippen MR) is 247 cm³/mol. The topological polar surface area (TPSA) is 56.7 Å². The van der Waals surface area contributed by atoms with E-state index in [0.29, 0.717) is 17.5 Å². The van der Waals surface area contributed by atoms with E-state index in [1.807, 2.05) is 42.5 Å². The quantitative estimate of drug-likeness (QED) is 0.147. The number of unbranched alkanes of at least 4 members (excludes halogenated alkanes) is 1. The smallest absolute Gasteiger partial charge is 0.164 e. The molecule has 0 aliphatic heterocycles. The number of aromatic nitrogens is 4. The van der Waals surface area contributed by atoms with Crippen molar-refractivity contribution in [2.24, 2.45) is 0 Å². The highest BCUT2D eigenvalue weighted by Crippen LogP contribution is 2.41. The third kappa shape index (κ3) is 6.32. The molecule has 0 saturated heterocycles. The molecule has 60 heavy (non-hydrogen) atoms. The average Bonchev–Trinajstić information content (AvgIpc) is 3.86. The fourth-order valence-electron chi connectivity index (χ4n) is 8.66. The van der Waals surface area contributed by atoms with Crippen LogP contribution in [0.1, 0.15) is 25.3 Å². The van der Waals surface area contributed by atoms with Gasteiger partial charge in [0.25, 0.3) is 0 Å². The summed E-state index contributed by atoms with van der Waals surface area (Å²) in [7, 11) is 0. The molecule has 0 saturated carbocycles. The van der Waals surface area contributed by atoms with Crippen LogP contribution in [-0.4, -0.2) is 19.5 Å². The van der Waals surface area contributed by atoms with Gasteiger partial charge in [0, 0.05) is 43.9 Å². The van der Waals surface area contributed by atoms with Crippen molar-refractivity contribution in [2.75, 3.05) is 0 Å². The molecule has 0 radical (unpaired) electrons. The Morgan fingerprint density at radius 2 is 1.02 bits per heavy atom. The highest BCUT2D eigenvalue weighted by Gasteiger charge is 2.19.